The Morgan fingerprint density at radius 2 is 2.18 bits per heavy atom. The van der Waals surface area contributed by atoms with Crippen LogP contribution in [0.2, 0.25) is 0 Å². The first-order valence-corrected chi connectivity index (χ1v) is 6.57. The van der Waals surface area contributed by atoms with E-state index in [1.54, 1.807) is 0 Å². The van der Waals surface area contributed by atoms with E-state index in [1.165, 1.54) is 11.1 Å². The van der Waals surface area contributed by atoms with Crippen molar-refractivity contribution in [2.75, 3.05) is 6.61 Å². The Kier molecular flexibility index (Phi) is 3.43. The molecule has 0 fully saturated rings. The van der Waals surface area contributed by atoms with Crippen molar-refractivity contribution in [3.63, 3.8) is 0 Å². The normalized spacial score (nSPS) is 20.4. The summed E-state index contributed by atoms with van der Waals surface area (Å²) in [5, 5.41) is 0. The van der Waals surface area contributed by atoms with Crippen LogP contribution in [0.25, 0.3) is 0 Å². The second kappa shape index (κ2) is 4.69. The predicted octanol–water partition coefficient (Wildman–Crippen LogP) is 3.55. The van der Waals surface area contributed by atoms with Crippen LogP contribution in [-0.4, -0.2) is 6.61 Å². The van der Waals surface area contributed by atoms with Crippen LogP contribution < -0.4 is 10.5 Å². The molecule has 1 unspecified atom stereocenters. The van der Waals surface area contributed by atoms with Crippen molar-refractivity contribution in [1.29, 1.82) is 0 Å². The van der Waals surface area contributed by atoms with Crippen LogP contribution in [0.1, 0.15) is 57.2 Å². The van der Waals surface area contributed by atoms with Gasteiger partial charge in [0, 0.05) is 11.6 Å². The minimum Gasteiger partial charge on any atom is -0.493 e. The minimum absolute atomic E-state index is 0.125. The lowest BCUT2D eigenvalue weighted by Crippen LogP contribution is -2.17. The molecule has 2 rings (SSSR count). The summed E-state index contributed by atoms with van der Waals surface area (Å²) in [6.07, 6.45) is 3.19. The molecule has 1 aromatic rings. The fourth-order valence-corrected chi connectivity index (χ4v) is 2.24. The molecule has 1 heterocycles. The van der Waals surface area contributed by atoms with Crippen molar-refractivity contribution in [3.8, 4) is 5.75 Å². The van der Waals surface area contributed by atoms with Gasteiger partial charge >= 0.3 is 0 Å². The van der Waals surface area contributed by atoms with E-state index in [9.17, 15) is 0 Å². The molecule has 2 nitrogen and oxygen atoms in total. The maximum atomic E-state index is 6.22. The molecule has 1 aliphatic heterocycles. The van der Waals surface area contributed by atoms with Gasteiger partial charge in [-0.05, 0) is 42.4 Å². The molecule has 17 heavy (non-hydrogen) atoms. The van der Waals surface area contributed by atoms with E-state index in [0.717, 1.165) is 31.6 Å². The van der Waals surface area contributed by atoms with Crippen LogP contribution in [0.5, 0.6) is 5.75 Å². The highest BCUT2D eigenvalue weighted by Crippen LogP contribution is 2.35. The van der Waals surface area contributed by atoms with Crippen molar-refractivity contribution >= 4 is 0 Å². The van der Waals surface area contributed by atoms with Crippen molar-refractivity contribution < 1.29 is 4.74 Å². The zero-order valence-electron chi connectivity index (χ0n) is 11.1. The molecule has 0 saturated carbocycles. The SMILES string of the molecule is CCC(C)(C)c1ccc2c(c1)C(N)CCCO2. The van der Waals surface area contributed by atoms with Gasteiger partial charge in [-0.1, -0.05) is 26.8 Å². The molecule has 2 heteroatoms. The van der Waals surface area contributed by atoms with E-state index in [1.807, 2.05) is 0 Å². The Hall–Kier alpha value is -1.02. The average molecular weight is 233 g/mol. The Labute approximate surface area is 104 Å². The zero-order chi connectivity index (χ0) is 12.5. The van der Waals surface area contributed by atoms with Gasteiger partial charge in [0.05, 0.1) is 6.61 Å². The third-order valence-electron chi connectivity index (χ3n) is 3.99. The fraction of sp³-hybridized carbons (Fsp3) is 0.600. The fourth-order valence-electron chi connectivity index (χ4n) is 2.24. The lowest BCUT2D eigenvalue weighted by Gasteiger charge is -2.25. The summed E-state index contributed by atoms with van der Waals surface area (Å²) in [6.45, 7) is 7.56. The molecule has 0 aromatic heterocycles. The number of fused-ring (bicyclic) bond motifs is 1. The Morgan fingerprint density at radius 3 is 2.88 bits per heavy atom. The Bertz CT molecular complexity index is 398. The molecular formula is C15H23NO. The maximum Gasteiger partial charge on any atom is 0.124 e. The summed E-state index contributed by atoms with van der Waals surface area (Å²) in [5.74, 6) is 0.977. The van der Waals surface area contributed by atoms with Crippen LogP contribution in [0.4, 0.5) is 0 Å². The van der Waals surface area contributed by atoms with Crippen molar-refractivity contribution in [2.24, 2.45) is 5.73 Å². The highest BCUT2D eigenvalue weighted by Gasteiger charge is 2.22. The van der Waals surface area contributed by atoms with Gasteiger partial charge < -0.3 is 10.5 Å². The van der Waals surface area contributed by atoms with Crippen LogP contribution in [0.3, 0.4) is 0 Å². The number of hydrogen-bond donors (Lipinski definition) is 1. The van der Waals surface area contributed by atoms with Gasteiger partial charge in [-0.15, -0.1) is 0 Å². The highest BCUT2D eigenvalue weighted by atomic mass is 16.5. The smallest absolute Gasteiger partial charge is 0.124 e. The first-order valence-electron chi connectivity index (χ1n) is 6.57. The van der Waals surface area contributed by atoms with E-state index in [-0.39, 0.29) is 11.5 Å². The number of rotatable bonds is 2. The van der Waals surface area contributed by atoms with Gasteiger partial charge in [0.15, 0.2) is 0 Å². The van der Waals surface area contributed by atoms with Gasteiger partial charge in [-0.2, -0.15) is 0 Å². The molecule has 0 spiro atoms. The summed E-state index contributed by atoms with van der Waals surface area (Å²) in [7, 11) is 0. The largest absolute Gasteiger partial charge is 0.493 e. The van der Waals surface area contributed by atoms with Gasteiger partial charge in [0.1, 0.15) is 5.75 Å². The molecule has 1 aromatic carbocycles. The van der Waals surface area contributed by atoms with E-state index in [2.05, 4.69) is 39.0 Å². The standard InChI is InChI=1S/C15H23NO/c1-4-15(2,3)11-7-8-14-12(10-11)13(16)6-5-9-17-14/h7-8,10,13H,4-6,9,16H2,1-3H3. The number of hydrogen-bond acceptors (Lipinski definition) is 2. The molecule has 0 radical (unpaired) electrons. The Morgan fingerprint density at radius 1 is 1.41 bits per heavy atom. The third kappa shape index (κ3) is 2.47. The lowest BCUT2D eigenvalue weighted by molar-refractivity contribution is 0.316. The number of benzene rings is 1. The van der Waals surface area contributed by atoms with E-state index >= 15 is 0 Å². The number of ether oxygens (including phenoxy) is 1. The summed E-state index contributed by atoms with van der Waals surface area (Å²) in [4.78, 5) is 0. The lowest BCUT2D eigenvalue weighted by atomic mass is 9.81. The molecule has 1 atom stereocenters. The molecule has 0 saturated heterocycles. The quantitative estimate of drug-likeness (QED) is 0.848. The predicted molar refractivity (Wildman–Crippen MR) is 71.4 cm³/mol. The van der Waals surface area contributed by atoms with Crippen LogP contribution in [-0.2, 0) is 5.41 Å². The topological polar surface area (TPSA) is 35.2 Å². The summed E-state index contributed by atoms with van der Waals surface area (Å²) in [6, 6.07) is 6.64. The molecule has 0 aliphatic carbocycles. The Balaban J connectivity index is 2.41. The zero-order valence-corrected chi connectivity index (χ0v) is 11.1. The van der Waals surface area contributed by atoms with Crippen LogP contribution in [0.15, 0.2) is 18.2 Å². The molecule has 0 amide bonds. The third-order valence-corrected chi connectivity index (χ3v) is 3.99. The second-order valence-electron chi connectivity index (χ2n) is 5.59. The van der Waals surface area contributed by atoms with Crippen molar-refractivity contribution in [2.45, 2.75) is 51.5 Å². The van der Waals surface area contributed by atoms with Crippen LogP contribution >= 0.6 is 0 Å². The number of nitrogens with two attached hydrogens (primary N) is 1. The second-order valence-corrected chi connectivity index (χ2v) is 5.59. The minimum atomic E-state index is 0.125. The van der Waals surface area contributed by atoms with Gasteiger partial charge in [0.2, 0.25) is 0 Å². The van der Waals surface area contributed by atoms with Gasteiger partial charge in [-0.3, -0.25) is 0 Å². The van der Waals surface area contributed by atoms with E-state index < -0.39 is 0 Å². The molecule has 0 bridgehead atoms. The molecule has 94 valence electrons. The molecular weight excluding hydrogens is 210 g/mol. The van der Waals surface area contributed by atoms with Crippen molar-refractivity contribution in [1.82, 2.24) is 0 Å². The molecule has 1 aliphatic rings. The summed E-state index contributed by atoms with van der Waals surface area (Å²) in [5.41, 5.74) is 8.97. The summed E-state index contributed by atoms with van der Waals surface area (Å²) >= 11 is 0. The maximum absolute atomic E-state index is 6.22. The van der Waals surface area contributed by atoms with Crippen molar-refractivity contribution in [3.05, 3.63) is 29.3 Å². The molecule has 2 N–H and O–H groups in total. The van der Waals surface area contributed by atoms with Crippen LogP contribution in [0, 0.1) is 0 Å². The summed E-state index contributed by atoms with van der Waals surface area (Å²) < 4.78 is 5.74. The van der Waals surface area contributed by atoms with Gasteiger partial charge in [-0.25, -0.2) is 0 Å². The highest BCUT2D eigenvalue weighted by molar-refractivity contribution is 5.42. The van der Waals surface area contributed by atoms with E-state index in [4.69, 9.17) is 10.5 Å². The average Bonchev–Trinajstić information content (AvgIpc) is 2.51. The monoisotopic (exact) mass is 233 g/mol. The first-order chi connectivity index (χ1) is 8.04. The van der Waals surface area contributed by atoms with Gasteiger partial charge in [0.25, 0.3) is 0 Å². The first kappa shape index (κ1) is 12.4. The van der Waals surface area contributed by atoms with E-state index in [0.29, 0.717) is 0 Å².